The molecule has 0 radical (unpaired) electrons. The molecule has 7 nitrogen and oxygen atoms in total. The third kappa shape index (κ3) is 7.69. The average Bonchev–Trinajstić information content (AvgIpc) is 2.53. The summed E-state index contributed by atoms with van der Waals surface area (Å²) in [6.07, 6.45) is -0.681. The van der Waals surface area contributed by atoms with Crippen LogP contribution in [-0.4, -0.2) is 47.0 Å². The SMILES string of the molecule is Cc1ccc(C)c(C(C(=O)NC(C)(C)C)N(C)C(=O)C(C)NC(=O)OC(C)(C)C)c1. The van der Waals surface area contributed by atoms with Crippen molar-refractivity contribution in [3.05, 3.63) is 34.9 Å². The molecule has 2 unspecified atom stereocenters. The lowest BCUT2D eigenvalue weighted by Gasteiger charge is -2.33. The number of carbonyl (C=O) groups is 3. The van der Waals surface area contributed by atoms with Gasteiger partial charge in [0.25, 0.3) is 0 Å². The summed E-state index contributed by atoms with van der Waals surface area (Å²) in [5.74, 6) is -0.674. The van der Waals surface area contributed by atoms with Crippen molar-refractivity contribution in [3.63, 3.8) is 0 Å². The first-order valence-corrected chi connectivity index (χ1v) is 10.2. The maximum Gasteiger partial charge on any atom is 0.408 e. The van der Waals surface area contributed by atoms with Crippen LogP contribution in [0.4, 0.5) is 4.79 Å². The Kier molecular flexibility index (Phi) is 8.06. The molecule has 2 N–H and O–H groups in total. The van der Waals surface area contributed by atoms with E-state index in [1.165, 1.54) is 4.90 Å². The predicted octanol–water partition coefficient (Wildman–Crippen LogP) is 3.63. The normalized spacial score (nSPS) is 13.8. The fraction of sp³-hybridized carbons (Fsp3) is 0.609. The predicted molar refractivity (Wildman–Crippen MR) is 118 cm³/mol. The van der Waals surface area contributed by atoms with E-state index in [1.54, 1.807) is 34.7 Å². The molecule has 1 aromatic rings. The summed E-state index contributed by atoms with van der Waals surface area (Å²) in [6, 6.07) is 4.12. The van der Waals surface area contributed by atoms with Crippen LogP contribution in [0.3, 0.4) is 0 Å². The van der Waals surface area contributed by atoms with Crippen molar-refractivity contribution in [1.82, 2.24) is 15.5 Å². The molecular formula is C23H37N3O4. The van der Waals surface area contributed by atoms with Crippen molar-refractivity contribution in [3.8, 4) is 0 Å². The Bertz CT molecular complexity index is 791. The number of nitrogens with zero attached hydrogens (tertiary/aromatic N) is 1. The lowest BCUT2D eigenvalue weighted by molar-refractivity contribution is -0.141. The molecule has 168 valence electrons. The van der Waals surface area contributed by atoms with Crippen molar-refractivity contribution < 1.29 is 19.1 Å². The van der Waals surface area contributed by atoms with Crippen molar-refractivity contribution in [2.24, 2.45) is 0 Å². The number of hydrogen-bond donors (Lipinski definition) is 2. The molecule has 3 amide bonds. The van der Waals surface area contributed by atoms with Crippen LogP contribution in [-0.2, 0) is 14.3 Å². The average molecular weight is 420 g/mol. The number of amides is 3. The summed E-state index contributed by atoms with van der Waals surface area (Å²) in [4.78, 5) is 39.7. The molecule has 1 rings (SSSR count). The number of likely N-dealkylation sites (N-methyl/N-ethyl adjacent to an activating group) is 1. The van der Waals surface area contributed by atoms with Crippen LogP contribution in [0, 0.1) is 13.8 Å². The van der Waals surface area contributed by atoms with Gasteiger partial charge in [-0.3, -0.25) is 9.59 Å². The topological polar surface area (TPSA) is 87.7 Å². The van der Waals surface area contributed by atoms with Crippen LogP contribution in [0.5, 0.6) is 0 Å². The summed E-state index contributed by atoms with van der Waals surface area (Å²) in [5.41, 5.74) is 1.51. The second kappa shape index (κ2) is 9.49. The third-order valence-corrected chi connectivity index (χ3v) is 4.31. The molecule has 0 aliphatic carbocycles. The molecule has 0 spiro atoms. The number of ether oxygens (including phenoxy) is 1. The summed E-state index contributed by atoms with van der Waals surface area (Å²) in [5, 5.41) is 5.52. The fourth-order valence-electron chi connectivity index (χ4n) is 3.00. The van der Waals surface area contributed by atoms with E-state index in [1.807, 2.05) is 52.8 Å². The van der Waals surface area contributed by atoms with Gasteiger partial charge in [0.2, 0.25) is 11.8 Å². The minimum Gasteiger partial charge on any atom is -0.444 e. The number of aryl methyl sites for hydroxylation is 2. The van der Waals surface area contributed by atoms with Crippen LogP contribution in [0.15, 0.2) is 18.2 Å². The summed E-state index contributed by atoms with van der Waals surface area (Å²) < 4.78 is 5.23. The highest BCUT2D eigenvalue weighted by molar-refractivity contribution is 5.92. The van der Waals surface area contributed by atoms with Gasteiger partial charge in [0.1, 0.15) is 17.7 Å². The van der Waals surface area contributed by atoms with E-state index in [9.17, 15) is 14.4 Å². The van der Waals surface area contributed by atoms with E-state index in [0.717, 1.165) is 16.7 Å². The number of hydrogen-bond acceptors (Lipinski definition) is 4. The fourth-order valence-corrected chi connectivity index (χ4v) is 3.00. The van der Waals surface area contributed by atoms with Gasteiger partial charge in [0.05, 0.1) is 0 Å². The first-order valence-electron chi connectivity index (χ1n) is 10.2. The van der Waals surface area contributed by atoms with Crippen LogP contribution >= 0.6 is 0 Å². The molecule has 0 saturated heterocycles. The van der Waals surface area contributed by atoms with Gasteiger partial charge in [-0.2, -0.15) is 0 Å². The molecule has 0 heterocycles. The number of carbonyl (C=O) groups excluding carboxylic acids is 3. The molecule has 0 aliphatic heterocycles. The number of benzene rings is 1. The minimum absolute atomic E-state index is 0.281. The molecule has 0 fully saturated rings. The lowest BCUT2D eigenvalue weighted by atomic mass is 9.95. The zero-order valence-corrected chi connectivity index (χ0v) is 20.0. The van der Waals surface area contributed by atoms with Crippen LogP contribution in [0.2, 0.25) is 0 Å². The van der Waals surface area contributed by atoms with Gasteiger partial charge < -0.3 is 20.3 Å². The largest absolute Gasteiger partial charge is 0.444 e. The molecule has 1 aromatic carbocycles. The van der Waals surface area contributed by atoms with E-state index >= 15 is 0 Å². The molecule has 0 bridgehead atoms. The van der Waals surface area contributed by atoms with Gasteiger partial charge in [0.15, 0.2) is 0 Å². The first-order chi connectivity index (χ1) is 13.5. The van der Waals surface area contributed by atoms with Crippen LogP contribution < -0.4 is 10.6 Å². The molecule has 2 atom stereocenters. The van der Waals surface area contributed by atoms with Gasteiger partial charge >= 0.3 is 6.09 Å². The van der Waals surface area contributed by atoms with Crippen LogP contribution in [0.25, 0.3) is 0 Å². The maximum atomic E-state index is 13.2. The highest BCUT2D eigenvalue weighted by Gasteiger charge is 2.34. The quantitative estimate of drug-likeness (QED) is 0.763. The van der Waals surface area contributed by atoms with Gasteiger partial charge in [-0.1, -0.05) is 23.8 Å². The zero-order chi connectivity index (χ0) is 23.4. The summed E-state index contributed by atoms with van der Waals surface area (Å²) in [7, 11) is 1.57. The van der Waals surface area contributed by atoms with Crippen molar-refractivity contribution in [2.75, 3.05) is 7.05 Å². The lowest BCUT2D eigenvalue weighted by Crippen LogP contribution is -2.52. The number of nitrogens with one attached hydrogen (secondary N) is 2. The zero-order valence-electron chi connectivity index (χ0n) is 20.0. The Morgan fingerprint density at radius 2 is 1.60 bits per heavy atom. The molecule has 7 heteroatoms. The van der Waals surface area contributed by atoms with Gasteiger partial charge in [-0.25, -0.2) is 4.79 Å². The van der Waals surface area contributed by atoms with E-state index in [4.69, 9.17) is 4.74 Å². The van der Waals surface area contributed by atoms with Crippen molar-refractivity contribution in [1.29, 1.82) is 0 Å². The van der Waals surface area contributed by atoms with Gasteiger partial charge in [-0.05, 0) is 73.4 Å². The molecule has 0 aliphatic rings. The molecule has 0 aromatic heterocycles. The number of alkyl carbamates (subject to hydrolysis) is 1. The van der Waals surface area contributed by atoms with E-state index in [2.05, 4.69) is 10.6 Å². The standard InChI is InChI=1S/C23H37N3O4/c1-14-11-12-15(2)17(13-14)18(19(27)25-22(4,5)6)26(10)20(28)16(3)24-21(29)30-23(7,8)9/h11-13,16,18H,1-10H3,(H,24,29)(H,25,27). The number of rotatable bonds is 5. The van der Waals surface area contributed by atoms with Crippen molar-refractivity contribution >= 4 is 17.9 Å². The molecule has 30 heavy (non-hydrogen) atoms. The Morgan fingerprint density at radius 1 is 1.03 bits per heavy atom. The summed E-state index contributed by atoms with van der Waals surface area (Å²) in [6.45, 7) is 16.3. The Labute approximate surface area is 180 Å². The van der Waals surface area contributed by atoms with E-state index < -0.39 is 35.2 Å². The monoisotopic (exact) mass is 419 g/mol. The Balaban J connectivity index is 3.19. The Hall–Kier alpha value is -2.57. The highest BCUT2D eigenvalue weighted by atomic mass is 16.6. The first kappa shape index (κ1) is 25.5. The Morgan fingerprint density at radius 3 is 2.10 bits per heavy atom. The van der Waals surface area contributed by atoms with Crippen molar-refractivity contribution in [2.45, 2.75) is 85.5 Å². The highest BCUT2D eigenvalue weighted by Crippen LogP contribution is 2.26. The molecule has 0 saturated carbocycles. The second-order valence-electron chi connectivity index (χ2n) is 9.82. The smallest absolute Gasteiger partial charge is 0.408 e. The van der Waals surface area contributed by atoms with Crippen LogP contribution in [0.1, 0.15) is 71.2 Å². The summed E-state index contributed by atoms with van der Waals surface area (Å²) >= 11 is 0. The van der Waals surface area contributed by atoms with Gasteiger partial charge in [0, 0.05) is 12.6 Å². The van der Waals surface area contributed by atoms with Gasteiger partial charge in [-0.15, -0.1) is 0 Å². The third-order valence-electron chi connectivity index (χ3n) is 4.31. The van der Waals surface area contributed by atoms with E-state index in [0.29, 0.717) is 0 Å². The van der Waals surface area contributed by atoms with E-state index in [-0.39, 0.29) is 5.91 Å². The maximum absolute atomic E-state index is 13.2. The molecular weight excluding hydrogens is 382 g/mol. The minimum atomic E-state index is -0.861. The second-order valence-corrected chi connectivity index (χ2v) is 9.82.